The van der Waals surface area contributed by atoms with Gasteiger partial charge in [0.1, 0.15) is 0 Å². The smallest absolute Gasteiger partial charge is 0.337 e. The van der Waals surface area contributed by atoms with Gasteiger partial charge in [0.15, 0.2) is 0 Å². The Labute approximate surface area is 271 Å². The molecule has 0 saturated heterocycles. The molecule has 0 heterocycles. The first-order chi connectivity index (χ1) is 19.6. The molecule has 0 atom stereocenters. The minimum atomic E-state index is -0.515. The second-order valence-electron chi connectivity index (χ2n) is 9.21. The fraction of sp³-hybridized carbons (Fsp3) is 0.393. The number of aliphatic hydroxyl groups is 1. The van der Waals surface area contributed by atoms with Gasteiger partial charge in [0.25, 0.3) is 21.0 Å². The van der Waals surface area contributed by atoms with Gasteiger partial charge in [-0.3, -0.25) is 19.2 Å². The number of methoxy groups -OCH3 is 1. The van der Waals surface area contributed by atoms with E-state index >= 15 is 0 Å². The molecule has 4 amide bonds. The summed E-state index contributed by atoms with van der Waals surface area (Å²) in [6, 6.07) is 10.1. The quantitative estimate of drug-likeness (QED) is 0.271. The number of amides is 4. The molecule has 0 saturated carbocycles. The summed E-state index contributed by atoms with van der Waals surface area (Å²) in [5, 5.41) is 8.72. The van der Waals surface area contributed by atoms with Crippen LogP contribution in [-0.4, -0.2) is 115 Å². The lowest BCUT2D eigenvalue weighted by molar-refractivity contribution is 0.0600. The van der Waals surface area contributed by atoms with Gasteiger partial charge in [-0.25, -0.2) is 4.79 Å². The van der Waals surface area contributed by atoms with Crippen LogP contribution in [0.15, 0.2) is 56.0 Å². The number of thioether (sulfide) groups is 4. The summed E-state index contributed by atoms with van der Waals surface area (Å²) in [6.45, 7) is -0.131. The normalized spacial score (nSPS) is 9.91. The van der Waals surface area contributed by atoms with Crippen LogP contribution < -0.4 is 0 Å². The van der Waals surface area contributed by atoms with Crippen LogP contribution in [0.25, 0.3) is 0 Å². The van der Waals surface area contributed by atoms with Crippen molar-refractivity contribution in [3.63, 3.8) is 0 Å². The number of hydrogen-bond donors (Lipinski definition) is 1. The minimum Gasteiger partial charge on any atom is -0.465 e. The van der Waals surface area contributed by atoms with Crippen molar-refractivity contribution >= 4 is 74.0 Å². The topological polar surface area (TPSA) is 128 Å². The predicted octanol–water partition coefficient (Wildman–Crippen LogP) is 6.38. The van der Waals surface area contributed by atoms with E-state index in [2.05, 4.69) is 0 Å². The molecule has 43 heavy (non-hydrogen) atoms. The summed E-state index contributed by atoms with van der Waals surface area (Å²) in [5.41, 5.74) is 0.976. The molecule has 0 aliphatic rings. The van der Waals surface area contributed by atoms with E-state index in [1.807, 2.05) is 0 Å². The Morgan fingerprint density at radius 1 is 0.581 bits per heavy atom. The monoisotopic (exact) mass is 672 g/mol. The molecule has 2 aromatic carbocycles. The summed E-state index contributed by atoms with van der Waals surface area (Å²) in [6.07, 6.45) is 0. The van der Waals surface area contributed by atoms with Crippen molar-refractivity contribution in [1.82, 2.24) is 19.6 Å². The molecule has 2 rings (SSSR count). The molecule has 0 aliphatic carbocycles. The zero-order chi connectivity index (χ0) is 32.1. The van der Waals surface area contributed by atoms with Crippen LogP contribution in [0.2, 0.25) is 0 Å². The molecule has 0 spiro atoms. The van der Waals surface area contributed by atoms with Crippen molar-refractivity contribution in [2.75, 3.05) is 63.5 Å². The van der Waals surface area contributed by atoms with E-state index in [1.165, 1.54) is 26.7 Å². The van der Waals surface area contributed by atoms with Crippen LogP contribution >= 0.6 is 47.0 Å². The van der Waals surface area contributed by atoms with E-state index in [0.29, 0.717) is 30.7 Å². The molecule has 238 valence electrons. The van der Waals surface area contributed by atoms with Gasteiger partial charge >= 0.3 is 5.97 Å². The van der Waals surface area contributed by atoms with Gasteiger partial charge in [-0.05, 0) is 89.0 Å². The first kappa shape index (κ1) is 40.1. The van der Waals surface area contributed by atoms with Crippen molar-refractivity contribution in [3.8, 4) is 0 Å². The molecule has 0 aromatic heterocycles. The third-order valence-electron chi connectivity index (χ3n) is 4.70. The van der Waals surface area contributed by atoms with E-state index in [-0.39, 0.29) is 35.0 Å². The van der Waals surface area contributed by atoms with Gasteiger partial charge in [0, 0.05) is 76.0 Å². The van der Waals surface area contributed by atoms with Crippen molar-refractivity contribution in [2.45, 2.75) is 33.6 Å². The van der Waals surface area contributed by atoms with Gasteiger partial charge in [0.2, 0.25) is 0 Å². The largest absolute Gasteiger partial charge is 0.465 e. The minimum absolute atomic E-state index is 0. The molecule has 0 aliphatic heterocycles. The lowest BCUT2D eigenvalue weighted by atomic mass is 10.2. The lowest BCUT2D eigenvalue weighted by Crippen LogP contribution is -2.16. The molecule has 1 N–H and O–H groups in total. The fourth-order valence-electron chi connectivity index (χ4n) is 2.53. The SMILES string of the molecule is C.CN(C)C(=O)Sc1cc(CO)cc(SC(=O)N(C)C)c1.COC(=O)c1cc(SC(=O)N(C)C)cc(SC(=O)N(C)C)c1. The Bertz CT molecular complexity index is 1210. The summed E-state index contributed by atoms with van der Waals surface area (Å²) in [4.78, 5) is 67.1. The number of esters is 1. The van der Waals surface area contributed by atoms with Crippen LogP contribution in [0.3, 0.4) is 0 Å². The van der Waals surface area contributed by atoms with Crippen LogP contribution in [0.5, 0.6) is 0 Å². The van der Waals surface area contributed by atoms with E-state index in [0.717, 1.165) is 47.0 Å². The van der Waals surface area contributed by atoms with Crippen LogP contribution in [0.4, 0.5) is 19.2 Å². The number of carbonyl (C=O) groups is 5. The van der Waals surface area contributed by atoms with Gasteiger partial charge < -0.3 is 29.4 Å². The van der Waals surface area contributed by atoms with Crippen LogP contribution in [0, 0.1) is 0 Å². The summed E-state index contributed by atoms with van der Waals surface area (Å²) >= 11 is 4.11. The number of nitrogens with zero attached hydrogens (tertiary/aromatic N) is 4. The van der Waals surface area contributed by atoms with Crippen molar-refractivity contribution < 1.29 is 33.8 Å². The third-order valence-corrected chi connectivity index (χ3v) is 8.75. The standard InChI is InChI=1S/C14H18N2O4S2.C13H18N2O3S2.CH4/c1-15(2)13(18)21-10-6-9(12(17)20-5)7-11(8-10)22-14(19)16(3)4;1-14(2)12(17)19-10-5-9(8-16)6-11(7-10)20-13(18)15(3)4;/h6-8H,1-5H3;5-7,16H,8H2,1-4H3;1H4. The van der Waals surface area contributed by atoms with Crippen LogP contribution in [0.1, 0.15) is 23.3 Å². The highest BCUT2D eigenvalue weighted by atomic mass is 32.2. The highest BCUT2D eigenvalue weighted by Crippen LogP contribution is 2.31. The van der Waals surface area contributed by atoms with E-state index in [9.17, 15) is 29.1 Å². The van der Waals surface area contributed by atoms with Crippen LogP contribution in [-0.2, 0) is 11.3 Å². The summed E-state index contributed by atoms with van der Waals surface area (Å²) in [5.74, 6) is -0.515. The molecular formula is C28H40N4O7S4. The van der Waals surface area contributed by atoms with Crippen molar-refractivity contribution in [1.29, 1.82) is 0 Å². The molecule has 2 aromatic rings. The summed E-state index contributed by atoms with van der Waals surface area (Å²) < 4.78 is 4.70. The van der Waals surface area contributed by atoms with Crippen molar-refractivity contribution in [3.05, 3.63) is 47.5 Å². The highest BCUT2D eigenvalue weighted by molar-refractivity contribution is 8.14. The Kier molecular flexibility index (Phi) is 18.1. The average Bonchev–Trinajstić information content (AvgIpc) is 2.92. The maximum absolute atomic E-state index is 11.8. The van der Waals surface area contributed by atoms with E-state index in [1.54, 1.807) is 92.8 Å². The molecule has 0 bridgehead atoms. The number of hydrogen-bond acceptors (Lipinski definition) is 11. The van der Waals surface area contributed by atoms with Gasteiger partial charge in [-0.2, -0.15) is 0 Å². The number of benzene rings is 2. The maximum Gasteiger partial charge on any atom is 0.337 e. The Balaban J connectivity index is 0.000000805. The van der Waals surface area contributed by atoms with Gasteiger partial charge in [0.05, 0.1) is 19.3 Å². The summed E-state index contributed by atoms with van der Waals surface area (Å²) in [7, 11) is 14.6. The molecule has 0 fully saturated rings. The van der Waals surface area contributed by atoms with E-state index in [4.69, 9.17) is 4.74 Å². The molecular weight excluding hydrogens is 633 g/mol. The average molecular weight is 673 g/mol. The molecule has 0 radical (unpaired) electrons. The fourth-order valence-corrected chi connectivity index (χ4v) is 5.76. The first-order valence-electron chi connectivity index (χ1n) is 12.1. The number of ether oxygens (including phenoxy) is 1. The molecule has 0 unspecified atom stereocenters. The van der Waals surface area contributed by atoms with Gasteiger partial charge in [-0.15, -0.1) is 0 Å². The number of aliphatic hydroxyl groups excluding tert-OH is 1. The highest BCUT2D eigenvalue weighted by Gasteiger charge is 2.16. The zero-order valence-corrected chi connectivity index (χ0v) is 28.3. The second-order valence-corrected chi connectivity index (χ2v) is 13.3. The Hall–Kier alpha value is -2.85. The molecule has 11 nitrogen and oxygen atoms in total. The zero-order valence-electron chi connectivity index (χ0n) is 25.0. The first-order valence-corrected chi connectivity index (χ1v) is 15.4. The number of carbonyl (C=O) groups excluding carboxylic acids is 5. The lowest BCUT2D eigenvalue weighted by Gasteiger charge is -2.12. The Morgan fingerprint density at radius 3 is 1.09 bits per heavy atom. The van der Waals surface area contributed by atoms with E-state index < -0.39 is 5.97 Å². The van der Waals surface area contributed by atoms with Gasteiger partial charge in [-0.1, -0.05) is 7.43 Å². The second kappa shape index (κ2) is 19.4. The van der Waals surface area contributed by atoms with Crippen molar-refractivity contribution in [2.24, 2.45) is 0 Å². The predicted molar refractivity (Wildman–Crippen MR) is 177 cm³/mol. The maximum atomic E-state index is 11.8. The Morgan fingerprint density at radius 2 is 0.860 bits per heavy atom. The molecule has 15 heteroatoms. The number of rotatable bonds is 6. The third kappa shape index (κ3) is 14.4.